The Morgan fingerprint density at radius 1 is 1.17 bits per heavy atom. The summed E-state index contributed by atoms with van der Waals surface area (Å²) in [7, 11) is 1.24. The molecule has 0 saturated carbocycles. The third kappa shape index (κ3) is 4.43. The number of aromatic hydroxyl groups is 1. The maximum atomic E-state index is 12.0. The number of hydrogen-bond donors (Lipinski definition) is 2. The fourth-order valence-electron chi connectivity index (χ4n) is 2.61. The Labute approximate surface area is 164 Å². The number of aromatic nitrogens is 2. The number of benzene rings is 1. The molecule has 29 heavy (non-hydrogen) atoms. The highest BCUT2D eigenvalue weighted by Crippen LogP contribution is 2.38. The largest absolute Gasteiger partial charge is 0.493 e. The van der Waals surface area contributed by atoms with E-state index in [1.807, 2.05) is 0 Å². The van der Waals surface area contributed by atoms with Gasteiger partial charge in [-0.1, -0.05) is 24.3 Å². The van der Waals surface area contributed by atoms with E-state index in [0.29, 0.717) is 10.9 Å². The summed E-state index contributed by atoms with van der Waals surface area (Å²) in [6, 6.07) is 11.6. The van der Waals surface area contributed by atoms with Gasteiger partial charge < -0.3 is 15.2 Å². The predicted molar refractivity (Wildman–Crippen MR) is 102 cm³/mol. The maximum absolute atomic E-state index is 12.0. The van der Waals surface area contributed by atoms with Crippen LogP contribution in [0.3, 0.4) is 0 Å². The van der Waals surface area contributed by atoms with Crippen LogP contribution >= 0.6 is 0 Å². The van der Waals surface area contributed by atoms with Crippen LogP contribution in [-0.2, 0) is 20.9 Å². The molecule has 0 saturated heterocycles. The van der Waals surface area contributed by atoms with Crippen molar-refractivity contribution in [2.24, 2.45) is 10.2 Å². The molecule has 10 nitrogen and oxygen atoms in total. The van der Waals surface area contributed by atoms with E-state index in [1.165, 1.54) is 23.9 Å². The molecule has 3 aromatic rings. The predicted octanol–water partition coefficient (Wildman–Crippen LogP) is 1.96. The highest BCUT2D eigenvalue weighted by molar-refractivity contribution is 5.97. The summed E-state index contributed by atoms with van der Waals surface area (Å²) < 4.78 is 5.94. The molecule has 0 unspecified atom stereocenters. The van der Waals surface area contributed by atoms with Crippen LogP contribution in [0.1, 0.15) is 10.5 Å². The molecule has 0 aliphatic carbocycles. The zero-order chi connectivity index (χ0) is 20.8. The number of hydrogen-bond acceptors (Lipinski definition) is 7. The molecule has 2 aromatic heterocycles. The summed E-state index contributed by atoms with van der Waals surface area (Å²) in [6.45, 7) is -0.618. The molecule has 2 N–H and O–H groups in total. The Hall–Kier alpha value is -4.08. The van der Waals surface area contributed by atoms with Crippen LogP contribution in [0.25, 0.3) is 10.9 Å². The Kier molecular flexibility index (Phi) is 5.93. The summed E-state index contributed by atoms with van der Waals surface area (Å²) in [5, 5.41) is 20.7. The van der Waals surface area contributed by atoms with Gasteiger partial charge in [0.25, 0.3) is 11.8 Å². The summed E-state index contributed by atoms with van der Waals surface area (Å²) in [6.07, 6.45) is 1.46. The first kappa shape index (κ1) is 19.7. The second-order valence-electron chi connectivity index (χ2n) is 5.84. The molecule has 10 heteroatoms. The van der Waals surface area contributed by atoms with Crippen molar-refractivity contribution in [3.8, 4) is 5.88 Å². The number of methoxy groups -OCH3 is 1. The first-order chi connectivity index (χ1) is 14.0. The third-order valence-corrected chi connectivity index (χ3v) is 3.99. The average molecular weight is 395 g/mol. The normalized spacial score (nSPS) is 10.9. The van der Waals surface area contributed by atoms with Crippen LogP contribution in [0.4, 0.5) is 5.69 Å². The molecular weight excluding hydrogens is 378 g/mol. The Morgan fingerprint density at radius 3 is 2.66 bits per heavy atom. The van der Waals surface area contributed by atoms with E-state index < -0.39 is 17.8 Å². The quantitative estimate of drug-likeness (QED) is 0.484. The monoisotopic (exact) mass is 395 g/mol. The molecule has 0 atom stereocenters. The van der Waals surface area contributed by atoms with E-state index in [0.717, 1.165) is 0 Å². The number of nitrogens with zero attached hydrogens (tertiary/aromatic N) is 4. The van der Waals surface area contributed by atoms with Crippen molar-refractivity contribution in [3.05, 3.63) is 54.4 Å². The number of azo groups is 1. The number of esters is 1. The van der Waals surface area contributed by atoms with E-state index >= 15 is 0 Å². The van der Waals surface area contributed by atoms with E-state index in [4.69, 9.17) is 0 Å². The third-order valence-electron chi connectivity index (χ3n) is 3.99. The van der Waals surface area contributed by atoms with Gasteiger partial charge in [0.1, 0.15) is 18.8 Å². The topological polar surface area (TPSA) is 135 Å². The average Bonchev–Trinajstić information content (AvgIpc) is 3.02. The molecule has 2 amide bonds. The molecule has 0 aliphatic heterocycles. The standard InChI is InChI=1S/C19H17N5O5/c1-29-16(26)11-24-14-8-3-2-6-12(14)17(19(24)28)23-22-15(25)10-21-18(27)13-7-4-5-9-20-13/h2-9,28H,10-11H2,1H3,(H,21,27). The van der Waals surface area contributed by atoms with E-state index in [1.54, 1.807) is 36.4 Å². The van der Waals surface area contributed by atoms with Crippen molar-refractivity contribution in [2.45, 2.75) is 6.54 Å². The number of carbonyl (C=O) groups is 3. The summed E-state index contributed by atoms with van der Waals surface area (Å²) >= 11 is 0. The number of pyridine rings is 1. The van der Waals surface area contributed by atoms with Crippen molar-refractivity contribution in [1.29, 1.82) is 0 Å². The van der Waals surface area contributed by atoms with Gasteiger partial charge in [-0.25, -0.2) is 0 Å². The summed E-state index contributed by atoms with van der Waals surface area (Å²) in [4.78, 5) is 39.4. The molecule has 148 valence electrons. The van der Waals surface area contributed by atoms with Crippen LogP contribution in [0.5, 0.6) is 5.88 Å². The van der Waals surface area contributed by atoms with Gasteiger partial charge in [0, 0.05) is 11.6 Å². The molecule has 0 spiro atoms. The molecule has 1 aromatic carbocycles. The lowest BCUT2D eigenvalue weighted by Gasteiger charge is -2.04. The first-order valence-electron chi connectivity index (χ1n) is 8.52. The second kappa shape index (κ2) is 8.74. The number of carbonyl (C=O) groups excluding carboxylic acids is 3. The van der Waals surface area contributed by atoms with Crippen LogP contribution in [0, 0.1) is 0 Å². The lowest BCUT2D eigenvalue weighted by Crippen LogP contribution is -2.29. The van der Waals surface area contributed by atoms with Gasteiger partial charge in [-0.05, 0) is 18.2 Å². The molecule has 0 fully saturated rings. The lowest BCUT2D eigenvalue weighted by molar-refractivity contribution is -0.141. The minimum atomic E-state index is -0.724. The molecular formula is C19H17N5O5. The number of para-hydroxylation sites is 1. The zero-order valence-corrected chi connectivity index (χ0v) is 15.4. The van der Waals surface area contributed by atoms with Gasteiger partial charge in [-0.15, -0.1) is 10.2 Å². The van der Waals surface area contributed by atoms with Gasteiger partial charge >= 0.3 is 5.97 Å². The van der Waals surface area contributed by atoms with E-state index in [9.17, 15) is 19.5 Å². The number of amides is 2. The fraction of sp³-hybridized carbons (Fsp3) is 0.158. The minimum absolute atomic E-state index is 0.0360. The highest BCUT2D eigenvalue weighted by atomic mass is 16.5. The lowest BCUT2D eigenvalue weighted by atomic mass is 10.2. The highest BCUT2D eigenvalue weighted by Gasteiger charge is 2.19. The minimum Gasteiger partial charge on any atom is -0.493 e. The molecule has 0 aliphatic rings. The van der Waals surface area contributed by atoms with Crippen LogP contribution in [0.15, 0.2) is 58.9 Å². The zero-order valence-electron chi connectivity index (χ0n) is 15.4. The number of nitrogens with one attached hydrogen (secondary N) is 1. The number of ether oxygens (including phenoxy) is 1. The van der Waals surface area contributed by atoms with E-state index in [2.05, 4.69) is 25.3 Å². The summed E-state index contributed by atoms with van der Waals surface area (Å²) in [5.74, 6) is -2.13. The van der Waals surface area contributed by atoms with Crippen molar-refractivity contribution < 1.29 is 24.2 Å². The maximum Gasteiger partial charge on any atom is 0.325 e. The van der Waals surface area contributed by atoms with Gasteiger partial charge in [0.2, 0.25) is 5.88 Å². The second-order valence-corrected chi connectivity index (χ2v) is 5.84. The van der Waals surface area contributed by atoms with Crippen LogP contribution < -0.4 is 5.32 Å². The van der Waals surface area contributed by atoms with Crippen LogP contribution in [0.2, 0.25) is 0 Å². The first-order valence-corrected chi connectivity index (χ1v) is 8.52. The molecule has 0 radical (unpaired) electrons. The molecule has 3 rings (SSSR count). The van der Waals surface area contributed by atoms with Gasteiger partial charge in [0.05, 0.1) is 12.6 Å². The van der Waals surface area contributed by atoms with Gasteiger partial charge in [0.15, 0.2) is 5.69 Å². The summed E-state index contributed by atoms with van der Waals surface area (Å²) in [5.41, 5.74) is 0.731. The van der Waals surface area contributed by atoms with Crippen LogP contribution in [-0.4, -0.2) is 46.1 Å². The molecule has 2 heterocycles. The Bertz CT molecular complexity index is 1090. The Morgan fingerprint density at radius 2 is 1.93 bits per heavy atom. The van der Waals surface area contributed by atoms with E-state index in [-0.39, 0.29) is 30.4 Å². The number of rotatable bonds is 6. The smallest absolute Gasteiger partial charge is 0.325 e. The van der Waals surface area contributed by atoms with Gasteiger partial charge in [-0.3, -0.25) is 23.9 Å². The number of fused-ring (bicyclic) bond motifs is 1. The van der Waals surface area contributed by atoms with Crippen molar-refractivity contribution in [1.82, 2.24) is 14.9 Å². The van der Waals surface area contributed by atoms with Gasteiger partial charge in [-0.2, -0.15) is 0 Å². The van der Waals surface area contributed by atoms with Crippen molar-refractivity contribution >= 4 is 34.4 Å². The SMILES string of the molecule is COC(=O)Cn1c(O)c(N=NC(=O)CNC(=O)c2ccccn2)c2ccccc21. The van der Waals surface area contributed by atoms with Crippen molar-refractivity contribution in [3.63, 3.8) is 0 Å². The Balaban J connectivity index is 1.76. The van der Waals surface area contributed by atoms with Crippen molar-refractivity contribution in [2.75, 3.05) is 13.7 Å². The molecule has 0 bridgehead atoms. The fourth-order valence-corrected chi connectivity index (χ4v) is 2.61.